The van der Waals surface area contributed by atoms with Gasteiger partial charge in [-0.3, -0.25) is 14.5 Å². The number of fused-ring (bicyclic) bond motifs is 2. The zero-order valence-electron chi connectivity index (χ0n) is 23.4. The first-order valence-corrected chi connectivity index (χ1v) is 16.0. The number of thioether (sulfide) groups is 2. The van der Waals surface area contributed by atoms with Crippen LogP contribution in [0.15, 0.2) is 68.3 Å². The van der Waals surface area contributed by atoms with Gasteiger partial charge >= 0.3 is 18.0 Å². The van der Waals surface area contributed by atoms with E-state index in [0.717, 1.165) is 21.2 Å². The molecule has 0 radical (unpaired) electrons. The van der Waals surface area contributed by atoms with Gasteiger partial charge in [0.25, 0.3) is 11.8 Å². The highest BCUT2D eigenvalue weighted by Gasteiger charge is 2.54. The number of carbonyl (C=O) groups excluding carboxylic acids is 3. The lowest BCUT2D eigenvalue weighted by atomic mass is 10.0. The summed E-state index contributed by atoms with van der Waals surface area (Å²) >= 11 is 3.52. The first kappa shape index (κ1) is 30.9. The summed E-state index contributed by atoms with van der Waals surface area (Å²) in [5.41, 5.74) is 8.95. The van der Waals surface area contributed by atoms with Crippen LogP contribution in [0.3, 0.4) is 0 Å². The van der Waals surface area contributed by atoms with Gasteiger partial charge in [0.05, 0.1) is 11.2 Å². The molecule has 1 saturated heterocycles. The molecule has 46 heavy (non-hydrogen) atoms. The summed E-state index contributed by atoms with van der Waals surface area (Å²) in [6, 6.07) is 1.92. The van der Waals surface area contributed by atoms with Crippen molar-refractivity contribution in [2.75, 3.05) is 17.2 Å². The van der Waals surface area contributed by atoms with E-state index in [4.69, 9.17) is 10.6 Å². The molecule has 0 bridgehead atoms. The highest BCUT2D eigenvalue weighted by molar-refractivity contribution is 8.03. The summed E-state index contributed by atoms with van der Waals surface area (Å²) in [6.45, 7) is 1.74. The van der Waals surface area contributed by atoms with Crippen LogP contribution in [0.5, 0.6) is 0 Å². The Morgan fingerprint density at radius 3 is 2.78 bits per heavy atom. The molecule has 7 N–H and O–H groups in total. The lowest BCUT2D eigenvalue weighted by Crippen LogP contribution is -2.71. The van der Waals surface area contributed by atoms with Gasteiger partial charge in [-0.1, -0.05) is 5.16 Å². The number of amides is 3. The van der Waals surface area contributed by atoms with Crippen molar-refractivity contribution in [3.05, 3.63) is 69.5 Å². The fourth-order valence-electron chi connectivity index (χ4n) is 4.62. The maximum absolute atomic E-state index is 13.3. The first-order valence-electron chi connectivity index (χ1n) is 13.1. The SMILES string of the molecule is CC1=NC2=CN(C(=O)O)NN2C(SCC2=C(C(=O)O)N3C(=O)[C@@H](NC(=O)/C(=N\OC(=O)c4ccc[nH]4)c4csc(N)n4)[C@H]3SC2)=C1. The number of oxime groups is 1. The number of nitrogens with zero attached hydrogens (tertiary/aromatic N) is 6. The van der Waals surface area contributed by atoms with Crippen molar-refractivity contribution >= 4 is 81.3 Å². The summed E-state index contributed by atoms with van der Waals surface area (Å²) in [4.78, 5) is 79.7. The van der Waals surface area contributed by atoms with Gasteiger partial charge in [-0.2, -0.15) is 5.01 Å². The van der Waals surface area contributed by atoms with Crippen LogP contribution in [-0.2, 0) is 19.2 Å². The number of carboxylic acids is 1. The third kappa shape index (κ3) is 5.82. The van der Waals surface area contributed by atoms with Crippen LogP contribution in [0.2, 0.25) is 0 Å². The summed E-state index contributed by atoms with van der Waals surface area (Å²) < 4.78 is 0. The smallest absolute Gasteiger partial charge is 0.427 e. The number of allylic oxidation sites excluding steroid dienone is 1. The quantitative estimate of drug-likeness (QED) is 0.0929. The molecule has 0 spiro atoms. The second kappa shape index (κ2) is 12.3. The number of aliphatic carboxylic acids is 1. The second-order valence-corrected chi connectivity index (χ2v) is 12.7. The monoisotopic (exact) mass is 686 g/mol. The molecule has 238 valence electrons. The molecule has 4 aliphatic heterocycles. The molecule has 4 aliphatic rings. The van der Waals surface area contributed by atoms with Crippen molar-refractivity contribution in [1.29, 1.82) is 0 Å². The molecule has 21 heteroatoms. The van der Waals surface area contributed by atoms with Gasteiger partial charge in [0.15, 0.2) is 16.7 Å². The molecule has 0 aromatic carbocycles. The van der Waals surface area contributed by atoms with E-state index >= 15 is 0 Å². The molecule has 2 atom stereocenters. The summed E-state index contributed by atoms with van der Waals surface area (Å²) in [5.74, 6) is -3.00. The van der Waals surface area contributed by atoms with E-state index < -0.39 is 47.0 Å². The number of anilines is 1. The van der Waals surface area contributed by atoms with E-state index in [0.29, 0.717) is 22.1 Å². The predicted octanol–water partition coefficient (Wildman–Crippen LogP) is 0.916. The highest BCUT2D eigenvalue weighted by Crippen LogP contribution is 2.42. The average molecular weight is 687 g/mol. The van der Waals surface area contributed by atoms with E-state index in [9.17, 15) is 34.2 Å². The normalized spacial score (nSPS) is 20.7. The third-order valence-corrected chi connectivity index (χ3v) is 9.78. The number of aliphatic imine (C=N–C) groups is 1. The zero-order chi connectivity index (χ0) is 32.7. The van der Waals surface area contributed by atoms with Crippen LogP contribution in [0.25, 0.3) is 0 Å². The Labute approximate surface area is 270 Å². The Morgan fingerprint density at radius 2 is 2.11 bits per heavy atom. The van der Waals surface area contributed by atoms with Gasteiger partial charge < -0.3 is 31.1 Å². The number of hydrazine groups is 2. The Bertz CT molecular complexity index is 1810. The number of aromatic nitrogens is 2. The third-order valence-electron chi connectivity index (χ3n) is 6.68. The number of nitrogens with two attached hydrogens (primary N) is 1. The number of β-lactam (4-membered cyclic amide) rings is 1. The van der Waals surface area contributed by atoms with Crippen molar-refractivity contribution in [2.45, 2.75) is 18.3 Å². The van der Waals surface area contributed by atoms with E-state index in [2.05, 4.69) is 31.0 Å². The minimum Gasteiger partial charge on any atom is -0.477 e. The molecule has 0 aliphatic carbocycles. The molecular formula is C25H22N10O8S3. The van der Waals surface area contributed by atoms with Crippen molar-refractivity contribution in [3.8, 4) is 0 Å². The van der Waals surface area contributed by atoms with Gasteiger partial charge in [0, 0.05) is 28.8 Å². The summed E-state index contributed by atoms with van der Waals surface area (Å²) in [7, 11) is 0. The minimum absolute atomic E-state index is 0.0129. The van der Waals surface area contributed by atoms with Crippen molar-refractivity contribution in [2.24, 2.45) is 10.1 Å². The minimum atomic E-state index is -1.32. The van der Waals surface area contributed by atoms with Crippen LogP contribution in [-0.4, -0.2) is 99.3 Å². The Kier molecular flexibility index (Phi) is 8.29. The highest BCUT2D eigenvalue weighted by atomic mass is 32.2. The first-order chi connectivity index (χ1) is 22.0. The van der Waals surface area contributed by atoms with Crippen molar-refractivity contribution < 1.29 is 39.0 Å². The zero-order valence-corrected chi connectivity index (χ0v) is 25.8. The number of hydrogen-bond acceptors (Lipinski definition) is 15. The predicted molar refractivity (Wildman–Crippen MR) is 166 cm³/mol. The van der Waals surface area contributed by atoms with Crippen LogP contribution in [0.4, 0.5) is 9.93 Å². The maximum atomic E-state index is 13.3. The van der Waals surface area contributed by atoms with Gasteiger partial charge in [0.1, 0.15) is 28.5 Å². The summed E-state index contributed by atoms with van der Waals surface area (Å²) in [6.07, 6.45) is 3.28. The molecule has 18 nitrogen and oxygen atoms in total. The Morgan fingerprint density at radius 1 is 1.30 bits per heavy atom. The van der Waals surface area contributed by atoms with Gasteiger partial charge in [0.2, 0.25) is 0 Å². The van der Waals surface area contributed by atoms with Gasteiger partial charge in [-0.25, -0.2) is 29.4 Å². The average Bonchev–Trinajstić information content (AvgIpc) is 3.79. The number of carboxylic acid groups (broad SMARTS) is 2. The van der Waals surface area contributed by atoms with Gasteiger partial charge in [-0.15, -0.1) is 40.4 Å². The van der Waals surface area contributed by atoms with E-state index in [1.165, 1.54) is 52.4 Å². The van der Waals surface area contributed by atoms with E-state index in [1.54, 1.807) is 19.1 Å². The van der Waals surface area contributed by atoms with E-state index in [-0.39, 0.29) is 33.7 Å². The molecule has 1 fully saturated rings. The van der Waals surface area contributed by atoms with Gasteiger partial charge in [-0.05, 0) is 30.7 Å². The molecule has 6 heterocycles. The molecule has 3 amide bonds. The molecule has 2 aromatic rings. The second-order valence-electron chi connectivity index (χ2n) is 9.69. The number of thiazole rings is 1. The Hall–Kier alpha value is -5.12. The van der Waals surface area contributed by atoms with Crippen LogP contribution in [0, 0.1) is 0 Å². The number of H-pyrrole nitrogens is 1. The fraction of sp³-hybridized carbons (Fsp3) is 0.200. The van der Waals surface area contributed by atoms with Crippen LogP contribution in [0.1, 0.15) is 23.1 Å². The lowest BCUT2D eigenvalue weighted by Gasteiger charge is -2.49. The number of aromatic amines is 1. The molecule has 2 aromatic heterocycles. The molecule has 6 rings (SSSR count). The fourth-order valence-corrected chi connectivity index (χ4v) is 7.72. The number of nitrogens with one attached hydrogen (secondary N) is 3. The van der Waals surface area contributed by atoms with Crippen LogP contribution >= 0.6 is 34.9 Å². The number of hydrogen-bond donors (Lipinski definition) is 6. The largest absolute Gasteiger partial charge is 0.477 e. The number of rotatable bonds is 9. The molecule has 0 unspecified atom stereocenters. The Balaban J connectivity index is 1.16. The van der Waals surface area contributed by atoms with Crippen LogP contribution < -0.4 is 16.6 Å². The standard InChI is InChI=1S/C25H22N10O8S3/c1-10-5-15(35-14(28-10)6-33(32-35)25(41)42)44-7-11-8-45-21-17(20(37)34(21)18(11)22(38)39)30-19(36)16(13-9-46-24(26)29-13)31-43-23(40)12-3-2-4-27-12/h2-6,9,17,21,27,32H,7-8H2,1H3,(H2,26,29)(H,30,36)(H,38,39)(H,41,42)/b31-16-/t17-,21-/m1/s1. The van der Waals surface area contributed by atoms with Crippen molar-refractivity contribution in [1.82, 2.24) is 35.7 Å². The number of carbonyl (C=O) groups is 5. The summed E-state index contributed by atoms with van der Waals surface area (Å²) in [5, 5.41) is 29.4. The van der Waals surface area contributed by atoms with E-state index in [1.807, 2.05) is 0 Å². The lowest BCUT2D eigenvalue weighted by molar-refractivity contribution is -0.150. The molecular weight excluding hydrogens is 665 g/mol. The number of nitrogen functional groups attached to an aromatic ring is 1. The van der Waals surface area contributed by atoms with Crippen molar-refractivity contribution in [3.63, 3.8) is 0 Å². The maximum Gasteiger partial charge on any atom is 0.427 e. The topological polar surface area (TPSA) is 248 Å². The molecule has 0 saturated carbocycles.